The second-order valence-corrected chi connectivity index (χ2v) is 22.7. The van der Waals surface area contributed by atoms with Crippen LogP contribution in [-0.4, -0.2) is 34.0 Å². The van der Waals surface area contributed by atoms with Gasteiger partial charge in [-0.25, -0.2) is 0 Å². The summed E-state index contributed by atoms with van der Waals surface area (Å²) in [5.74, 6) is 0. The zero-order valence-electron chi connectivity index (χ0n) is 30.2. The Bertz CT molecular complexity index is 804. The molecule has 0 heterocycles. The van der Waals surface area contributed by atoms with Gasteiger partial charge in [0.1, 0.15) is 0 Å². The van der Waals surface area contributed by atoms with Crippen LogP contribution in [0.5, 0.6) is 0 Å². The predicted octanol–water partition coefficient (Wildman–Crippen LogP) is 11.5. The van der Waals surface area contributed by atoms with Crippen LogP contribution in [0.1, 0.15) is 198 Å². The normalized spacial score (nSPS) is 24.7. The van der Waals surface area contributed by atoms with Crippen molar-refractivity contribution in [2.24, 2.45) is 0 Å². The standard InChI is InChI=1S/2C18H33P.C7H5.ClH.Ru/c2*1-4-10-16(11-5-1)19(17-12-6-2-7-13-17)18-14-8-3-9-15-18;1-7-5-3-2-4-6-7;;/h2*16-18H,1-15H2;2-6H;1H;/q;;;;+1/p-1. The van der Waals surface area contributed by atoms with Gasteiger partial charge >= 0.3 is 58.0 Å². The van der Waals surface area contributed by atoms with Crippen LogP contribution in [-0.2, 0) is 17.7 Å². The van der Waals surface area contributed by atoms with E-state index in [2.05, 4.69) is 22.1 Å². The molecule has 47 heavy (non-hydrogen) atoms. The van der Waals surface area contributed by atoms with E-state index in [0.717, 1.165) is 5.56 Å². The van der Waals surface area contributed by atoms with Gasteiger partial charge in [-0.3, -0.25) is 0 Å². The minimum absolute atomic E-state index is 0. The molecule has 0 aliphatic heterocycles. The van der Waals surface area contributed by atoms with Crippen LogP contribution >= 0.6 is 15.8 Å². The van der Waals surface area contributed by atoms with Crippen molar-refractivity contribution in [3.8, 4) is 4.41 Å². The van der Waals surface area contributed by atoms with Crippen molar-refractivity contribution in [2.45, 2.75) is 227 Å². The molecule has 6 aliphatic carbocycles. The van der Waals surface area contributed by atoms with Crippen LogP contribution < -0.4 is 12.4 Å². The molecule has 0 spiro atoms. The van der Waals surface area contributed by atoms with E-state index in [-0.39, 0.29) is 12.4 Å². The molecule has 0 saturated heterocycles. The average molecular weight is 787 g/mol. The van der Waals surface area contributed by atoms with Gasteiger partial charge in [0.05, 0.1) is 0 Å². The second-order valence-electron chi connectivity index (χ2n) is 16.1. The summed E-state index contributed by atoms with van der Waals surface area (Å²) in [7, 11) is 0.770. The molecule has 0 aromatic heterocycles. The summed E-state index contributed by atoms with van der Waals surface area (Å²) < 4.78 is 2.96. The first-order valence-electron chi connectivity index (χ1n) is 20.8. The van der Waals surface area contributed by atoms with E-state index in [1.165, 1.54) is 72.5 Å². The third-order valence-electron chi connectivity index (χ3n) is 12.9. The fourth-order valence-corrected chi connectivity index (χ4v) is 20.2. The van der Waals surface area contributed by atoms with Gasteiger partial charge in [0.2, 0.25) is 0 Å². The van der Waals surface area contributed by atoms with Crippen LogP contribution in [0.15, 0.2) is 30.3 Å². The Morgan fingerprint density at radius 1 is 0.362 bits per heavy atom. The predicted molar refractivity (Wildman–Crippen MR) is 205 cm³/mol. The van der Waals surface area contributed by atoms with Gasteiger partial charge in [0, 0.05) is 0 Å². The Morgan fingerprint density at radius 3 is 0.745 bits per heavy atom. The summed E-state index contributed by atoms with van der Waals surface area (Å²) >= 11 is 2.36. The molecule has 0 N–H and O–H groups in total. The molecule has 6 saturated carbocycles. The molecule has 7 rings (SSSR count). The van der Waals surface area contributed by atoms with E-state index in [0.29, 0.717) is 15.8 Å². The van der Waals surface area contributed by atoms with E-state index in [1.807, 2.05) is 30.3 Å². The van der Waals surface area contributed by atoms with Gasteiger partial charge in [-0.15, -0.1) is 0 Å². The van der Waals surface area contributed by atoms with E-state index >= 15 is 0 Å². The Morgan fingerprint density at radius 2 is 0.574 bits per heavy atom. The second kappa shape index (κ2) is 24.1. The van der Waals surface area contributed by atoms with E-state index in [9.17, 15) is 0 Å². The monoisotopic (exact) mass is 786 g/mol. The maximum atomic E-state index is 2.96. The number of rotatable bonds is 6. The molecule has 268 valence electrons. The molecule has 0 bridgehead atoms. The van der Waals surface area contributed by atoms with Gasteiger partial charge in [-0.1, -0.05) is 131 Å². The van der Waals surface area contributed by atoms with Gasteiger partial charge in [-0.05, 0) is 111 Å². The summed E-state index contributed by atoms with van der Waals surface area (Å²) in [6, 6.07) is 10.0. The maximum absolute atomic E-state index is 2.96. The summed E-state index contributed by atoms with van der Waals surface area (Å²) in [6.45, 7) is 0. The average Bonchev–Trinajstić information content (AvgIpc) is 3.15. The Labute approximate surface area is 311 Å². The molecule has 0 nitrogen and oxygen atoms in total. The number of benzene rings is 1. The summed E-state index contributed by atoms with van der Waals surface area (Å²) in [4.78, 5) is 0. The van der Waals surface area contributed by atoms with Crippen LogP contribution in [0.4, 0.5) is 0 Å². The summed E-state index contributed by atoms with van der Waals surface area (Å²) in [5.41, 5.74) is 8.27. The van der Waals surface area contributed by atoms with Crippen molar-refractivity contribution in [1.29, 1.82) is 0 Å². The van der Waals surface area contributed by atoms with Gasteiger partial charge in [0.25, 0.3) is 0 Å². The first-order valence-corrected chi connectivity index (χ1v) is 24.8. The first kappa shape index (κ1) is 40.5. The molecule has 1 aromatic carbocycles. The van der Waals surface area contributed by atoms with Crippen molar-refractivity contribution in [3.63, 3.8) is 0 Å². The minimum atomic E-state index is 0. The Balaban J connectivity index is 0.000000171. The molecule has 4 heteroatoms. The molecular weight excluding hydrogens is 715 g/mol. The quantitative estimate of drug-likeness (QED) is 0.199. The van der Waals surface area contributed by atoms with E-state index in [4.69, 9.17) is 0 Å². The van der Waals surface area contributed by atoms with Gasteiger partial charge < -0.3 is 12.4 Å². The molecule has 6 fully saturated rings. The molecule has 0 amide bonds. The molecule has 0 unspecified atom stereocenters. The van der Waals surface area contributed by atoms with Crippen LogP contribution in [0, 0.1) is 4.41 Å². The SMILES string of the molecule is C1CCC(P(C2CCCCC2)C2CCCCC2)CC1.C1CCC(P(C2CCCCC2)C2CCCCC2)CC1.[Cl-].[Ru+]#[C]c1ccccc1. The molecule has 0 atom stereocenters. The zero-order valence-corrected chi connectivity index (χ0v) is 34.5. The fourth-order valence-electron chi connectivity index (χ4n) is 10.6. The van der Waals surface area contributed by atoms with Crippen molar-refractivity contribution >= 4 is 15.8 Å². The fraction of sp³-hybridized carbons (Fsp3) is 0.837. The first-order chi connectivity index (χ1) is 22.8. The van der Waals surface area contributed by atoms with Crippen molar-refractivity contribution < 1.29 is 30.1 Å². The van der Waals surface area contributed by atoms with Crippen LogP contribution in [0.2, 0.25) is 0 Å². The summed E-state index contributed by atoms with van der Waals surface area (Å²) in [5, 5.41) is 0. The van der Waals surface area contributed by atoms with Crippen LogP contribution in [0.25, 0.3) is 0 Å². The van der Waals surface area contributed by atoms with E-state index in [1.54, 1.807) is 154 Å². The third-order valence-corrected chi connectivity index (χ3v) is 21.5. The number of halogens is 1. The summed E-state index contributed by atoms with van der Waals surface area (Å²) in [6.07, 6.45) is 47.2. The number of hydrogen-bond donors (Lipinski definition) is 0. The van der Waals surface area contributed by atoms with Crippen molar-refractivity contribution in [2.75, 3.05) is 0 Å². The third kappa shape index (κ3) is 13.7. The molecular formula is C43H71ClP2Ru. The van der Waals surface area contributed by atoms with Gasteiger partial charge in [-0.2, -0.15) is 0 Å². The Kier molecular flexibility index (Phi) is 20.8. The Hall–Kier alpha value is 0.773. The zero-order chi connectivity index (χ0) is 31.7. The molecule has 1 aromatic rings. The van der Waals surface area contributed by atoms with Crippen molar-refractivity contribution in [3.05, 3.63) is 35.9 Å². The topological polar surface area (TPSA) is 0 Å². The van der Waals surface area contributed by atoms with Gasteiger partial charge in [0.15, 0.2) is 0 Å². The number of hydrogen-bond acceptors (Lipinski definition) is 0. The van der Waals surface area contributed by atoms with E-state index < -0.39 is 0 Å². The molecule has 6 aliphatic rings. The van der Waals surface area contributed by atoms with Crippen LogP contribution in [0.3, 0.4) is 0 Å². The molecule has 0 radical (unpaired) electrons. The van der Waals surface area contributed by atoms with Crippen molar-refractivity contribution in [1.82, 2.24) is 0 Å².